The number of rotatable bonds is 6. The van der Waals surface area contributed by atoms with Crippen LogP contribution >= 0.6 is 0 Å². The van der Waals surface area contributed by atoms with Gasteiger partial charge in [-0.1, -0.05) is 6.42 Å². The molecule has 152 valence electrons. The first-order valence-corrected chi connectivity index (χ1v) is 10.2. The molecule has 2 heterocycles. The number of carbonyl (C=O) groups excluding carboxylic acids is 1. The molecule has 6 heteroatoms. The molecule has 0 fully saturated rings. The number of aryl methyl sites for hydroxylation is 3. The zero-order valence-electron chi connectivity index (χ0n) is 17.0. The number of carbonyl (C=O) groups is 1. The second-order valence-electron chi connectivity index (χ2n) is 7.42. The van der Waals surface area contributed by atoms with E-state index in [1.807, 2.05) is 30.3 Å². The van der Waals surface area contributed by atoms with Crippen molar-refractivity contribution in [1.29, 1.82) is 0 Å². The number of methoxy groups -OCH3 is 2. The van der Waals surface area contributed by atoms with Crippen molar-refractivity contribution in [2.45, 2.75) is 45.1 Å². The van der Waals surface area contributed by atoms with E-state index in [0.717, 1.165) is 52.6 Å². The number of nitrogens with zero attached hydrogens (tertiary/aromatic N) is 2. The van der Waals surface area contributed by atoms with Crippen molar-refractivity contribution in [1.82, 2.24) is 9.55 Å². The quantitative estimate of drug-likeness (QED) is 0.676. The van der Waals surface area contributed by atoms with E-state index in [2.05, 4.69) is 16.0 Å². The molecule has 0 atom stereocenters. The Kier molecular flexibility index (Phi) is 5.69. The summed E-state index contributed by atoms with van der Waals surface area (Å²) in [5.41, 5.74) is 3.85. The number of amides is 1. The minimum absolute atomic E-state index is 0.0324. The predicted molar refractivity (Wildman–Crippen MR) is 114 cm³/mol. The maximum atomic E-state index is 12.5. The number of ether oxygens (including phenoxy) is 2. The van der Waals surface area contributed by atoms with E-state index in [9.17, 15) is 4.79 Å². The van der Waals surface area contributed by atoms with Gasteiger partial charge in [0, 0.05) is 25.1 Å². The molecule has 0 radical (unpaired) electrons. The first-order chi connectivity index (χ1) is 14.2. The molecule has 29 heavy (non-hydrogen) atoms. The topological polar surface area (TPSA) is 65.4 Å². The van der Waals surface area contributed by atoms with Crippen LogP contribution in [0.25, 0.3) is 11.0 Å². The molecule has 2 aromatic carbocycles. The lowest BCUT2D eigenvalue weighted by atomic mass is 10.1. The van der Waals surface area contributed by atoms with Crippen molar-refractivity contribution >= 4 is 22.6 Å². The summed E-state index contributed by atoms with van der Waals surface area (Å²) in [6.07, 6.45) is 5.62. The lowest BCUT2D eigenvalue weighted by molar-refractivity contribution is -0.116. The fourth-order valence-corrected chi connectivity index (χ4v) is 3.98. The van der Waals surface area contributed by atoms with E-state index in [-0.39, 0.29) is 5.91 Å². The Morgan fingerprint density at radius 2 is 2.00 bits per heavy atom. The summed E-state index contributed by atoms with van der Waals surface area (Å²) >= 11 is 0. The Labute approximate surface area is 170 Å². The molecular formula is C23H27N3O3. The van der Waals surface area contributed by atoms with Crippen LogP contribution in [0.15, 0.2) is 36.4 Å². The van der Waals surface area contributed by atoms with Crippen molar-refractivity contribution < 1.29 is 14.3 Å². The van der Waals surface area contributed by atoms with Crippen molar-refractivity contribution in [2.75, 3.05) is 19.5 Å². The van der Waals surface area contributed by atoms with Crippen LogP contribution in [-0.2, 0) is 24.2 Å². The number of aromatic nitrogens is 2. The van der Waals surface area contributed by atoms with Crippen LogP contribution in [-0.4, -0.2) is 29.7 Å². The highest BCUT2D eigenvalue weighted by Crippen LogP contribution is 2.26. The summed E-state index contributed by atoms with van der Waals surface area (Å²) in [7, 11) is 3.26. The SMILES string of the molecule is COc1ccc(OC)c(CCC(=O)Nc2ccc3c(c2)nc2n3CCCCC2)c1. The fraction of sp³-hybridized carbons (Fsp3) is 0.391. The third kappa shape index (κ3) is 4.21. The van der Waals surface area contributed by atoms with Crippen LogP contribution in [0.5, 0.6) is 11.5 Å². The van der Waals surface area contributed by atoms with Gasteiger partial charge in [-0.15, -0.1) is 0 Å². The largest absolute Gasteiger partial charge is 0.497 e. The summed E-state index contributed by atoms with van der Waals surface area (Å²) in [4.78, 5) is 17.3. The third-order valence-corrected chi connectivity index (χ3v) is 5.50. The van der Waals surface area contributed by atoms with Crippen LogP contribution in [0, 0.1) is 0 Å². The lowest BCUT2D eigenvalue weighted by Gasteiger charge is -2.11. The summed E-state index contributed by atoms with van der Waals surface area (Å²) in [5, 5.41) is 3.00. The van der Waals surface area contributed by atoms with Crippen LogP contribution in [0.1, 0.15) is 37.1 Å². The smallest absolute Gasteiger partial charge is 0.224 e. The van der Waals surface area contributed by atoms with Crippen molar-refractivity contribution in [3.05, 3.63) is 47.8 Å². The standard InChI is InChI=1S/C23H27N3O3/c1-28-18-9-11-21(29-2)16(14-18)7-12-23(27)24-17-8-10-20-19(15-17)25-22-6-4-3-5-13-26(20)22/h8-11,14-15H,3-7,12-13H2,1-2H3,(H,24,27). The number of anilines is 1. The van der Waals surface area contributed by atoms with Gasteiger partial charge in [0.2, 0.25) is 5.91 Å². The zero-order chi connectivity index (χ0) is 20.2. The van der Waals surface area contributed by atoms with Gasteiger partial charge >= 0.3 is 0 Å². The molecule has 1 amide bonds. The highest BCUT2D eigenvalue weighted by Gasteiger charge is 2.14. The van der Waals surface area contributed by atoms with Gasteiger partial charge in [0.25, 0.3) is 0 Å². The fourth-order valence-electron chi connectivity index (χ4n) is 3.98. The van der Waals surface area contributed by atoms with E-state index in [4.69, 9.17) is 14.5 Å². The van der Waals surface area contributed by atoms with Crippen LogP contribution < -0.4 is 14.8 Å². The Bertz CT molecular complexity index is 1030. The molecule has 0 spiro atoms. The molecule has 1 aromatic heterocycles. The van der Waals surface area contributed by atoms with Gasteiger partial charge in [-0.25, -0.2) is 4.98 Å². The highest BCUT2D eigenvalue weighted by molar-refractivity contribution is 5.93. The van der Waals surface area contributed by atoms with Crippen LogP contribution in [0.4, 0.5) is 5.69 Å². The molecule has 1 aliphatic rings. The van der Waals surface area contributed by atoms with Crippen LogP contribution in [0.3, 0.4) is 0 Å². The molecule has 4 rings (SSSR count). The van der Waals surface area contributed by atoms with E-state index < -0.39 is 0 Å². The maximum absolute atomic E-state index is 12.5. The monoisotopic (exact) mass is 393 g/mol. The van der Waals surface area contributed by atoms with Crippen molar-refractivity contribution in [3.63, 3.8) is 0 Å². The third-order valence-electron chi connectivity index (χ3n) is 5.50. The Morgan fingerprint density at radius 3 is 2.83 bits per heavy atom. The van der Waals surface area contributed by atoms with Crippen molar-refractivity contribution in [2.24, 2.45) is 0 Å². The second kappa shape index (κ2) is 8.55. The number of hydrogen-bond donors (Lipinski definition) is 1. The Hall–Kier alpha value is -3.02. The van der Waals surface area contributed by atoms with E-state index in [0.29, 0.717) is 12.8 Å². The second-order valence-corrected chi connectivity index (χ2v) is 7.42. The average Bonchev–Trinajstić information content (AvgIpc) is 2.91. The van der Waals surface area contributed by atoms with Crippen molar-refractivity contribution in [3.8, 4) is 11.5 Å². The van der Waals surface area contributed by atoms with Crippen LogP contribution in [0.2, 0.25) is 0 Å². The van der Waals surface area contributed by atoms with Gasteiger partial charge in [0.1, 0.15) is 17.3 Å². The number of benzene rings is 2. The van der Waals surface area contributed by atoms with E-state index in [1.54, 1.807) is 14.2 Å². The summed E-state index contributed by atoms with van der Waals surface area (Å²) < 4.78 is 13.0. The van der Waals surface area contributed by atoms with Gasteiger partial charge in [-0.05, 0) is 61.2 Å². The molecular weight excluding hydrogens is 366 g/mol. The number of hydrogen-bond acceptors (Lipinski definition) is 4. The normalized spacial score (nSPS) is 13.6. The lowest BCUT2D eigenvalue weighted by Crippen LogP contribution is -2.12. The Balaban J connectivity index is 1.44. The molecule has 6 nitrogen and oxygen atoms in total. The first-order valence-electron chi connectivity index (χ1n) is 10.2. The number of nitrogens with one attached hydrogen (secondary N) is 1. The van der Waals surface area contributed by atoms with E-state index in [1.165, 1.54) is 19.3 Å². The number of imidazole rings is 1. The first kappa shape index (κ1) is 19.3. The maximum Gasteiger partial charge on any atom is 0.224 e. The summed E-state index contributed by atoms with van der Waals surface area (Å²) in [6, 6.07) is 11.6. The minimum atomic E-state index is -0.0324. The Morgan fingerprint density at radius 1 is 1.10 bits per heavy atom. The molecule has 1 N–H and O–H groups in total. The average molecular weight is 393 g/mol. The van der Waals surface area contributed by atoms with Gasteiger partial charge in [0.05, 0.1) is 25.3 Å². The minimum Gasteiger partial charge on any atom is -0.497 e. The molecule has 0 aliphatic carbocycles. The molecule has 0 bridgehead atoms. The highest BCUT2D eigenvalue weighted by atomic mass is 16.5. The molecule has 1 aliphatic heterocycles. The molecule has 0 saturated carbocycles. The zero-order valence-corrected chi connectivity index (χ0v) is 17.0. The predicted octanol–water partition coefficient (Wildman–Crippen LogP) is 4.35. The summed E-state index contributed by atoms with van der Waals surface area (Å²) in [6.45, 7) is 1.03. The summed E-state index contributed by atoms with van der Waals surface area (Å²) in [5.74, 6) is 2.65. The van der Waals surface area contributed by atoms with Gasteiger partial charge < -0.3 is 19.4 Å². The number of fused-ring (bicyclic) bond motifs is 3. The molecule has 0 unspecified atom stereocenters. The molecule has 0 saturated heterocycles. The van der Waals surface area contributed by atoms with E-state index >= 15 is 0 Å². The van der Waals surface area contributed by atoms with Gasteiger partial charge in [0.15, 0.2) is 0 Å². The van der Waals surface area contributed by atoms with Gasteiger partial charge in [-0.3, -0.25) is 4.79 Å². The van der Waals surface area contributed by atoms with Gasteiger partial charge in [-0.2, -0.15) is 0 Å². The molecule has 3 aromatic rings.